The van der Waals surface area contributed by atoms with Crippen molar-refractivity contribution in [1.29, 1.82) is 0 Å². The largest absolute Gasteiger partial charge is 0.334 e. The molecular formula is C45H38N2. The molecule has 8 rings (SSSR count). The van der Waals surface area contributed by atoms with Crippen molar-refractivity contribution in [3.8, 4) is 11.1 Å². The van der Waals surface area contributed by atoms with E-state index in [1.165, 1.54) is 50.6 Å². The van der Waals surface area contributed by atoms with Crippen LogP contribution in [-0.4, -0.2) is 0 Å². The lowest BCUT2D eigenvalue weighted by atomic mass is 9.90. The number of benzene rings is 4. The highest BCUT2D eigenvalue weighted by molar-refractivity contribution is 5.75. The van der Waals surface area contributed by atoms with Gasteiger partial charge in [0.05, 0.1) is 11.7 Å². The minimum absolute atomic E-state index is 0.232. The molecule has 2 atom stereocenters. The second-order valence-corrected chi connectivity index (χ2v) is 12.4. The minimum Gasteiger partial charge on any atom is -0.334 e. The highest BCUT2D eigenvalue weighted by atomic mass is 15.2. The molecule has 2 nitrogen and oxygen atoms in total. The summed E-state index contributed by atoms with van der Waals surface area (Å²) in [4.78, 5) is 4.91. The van der Waals surface area contributed by atoms with Crippen LogP contribution in [0.2, 0.25) is 0 Å². The van der Waals surface area contributed by atoms with E-state index >= 15 is 0 Å². The van der Waals surface area contributed by atoms with Crippen molar-refractivity contribution in [2.24, 2.45) is 5.92 Å². The van der Waals surface area contributed by atoms with Crippen molar-refractivity contribution in [2.45, 2.75) is 25.3 Å². The monoisotopic (exact) mass is 606 g/mol. The third kappa shape index (κ3) is 5.79. The van der Waals surface area contributed by atoms with Gasteiger partial charge >= 0.3 is 0 Å². The van der Waals surface area contributed by atoms with Crippen LogP contribution in [-0.2, 0) is 0 Å². The fourth-order valence-corrected chi connectivity index (χ4v) is 7.18. The first-order valence-electron chi connectivity index (χ1n) is 16.7. The molecule has 0 spiro atoms. The van der Waals surface area contributed by atoms with Crippen LogP contribution in [0, 0.1) is 5.92 Å². The van der Waals surface area contributed by atoms with Crippen LogP contribution in [0.3, 0.4) is 0 Å². The summed E-state index contributed by atoms with van der Waals surface area (Å²) in [5.74, 6) is 0.270. The van der Waals surface area contributed by atoms with Gasteiger partial charge in [-0.25, -0.2) is 0 Å². The van der Waals surface area contributed by atoms with E-state index in [1.807, 2.05) is 0 Å². The molecule has 2 unspecified atom stereocenters. The highest BCUT2D eigenvalue weighted by Gasteiger charge is 2.26. The van der Waals surface area contributed by atoms with Gasteiger partial charge in [-0.15, -0.1) is 0 Å². The molecule has 4 aliphatic carbocycles. The van der Waals surface area contributed by atoms with Gasteiger partial charge in [-0.2, -0.15) is 0 Å². The standard InChI is InChI=1S/C45H38N2/c1-3-18-38(19-4-1)46(44-24-12-9-16-36-14-7-10-22-42(36)44)40-30-26-34(27-31-40)35-28-32-41(33-29-35)47(39-20-5-2-6-21-39)45-25-13-17-37-15-8-11-23-43(37)45/h2-3,5-24,26-33,36,45H,1,4,25H2. The third-order valence-electron chi connectivity index (χ3n) is 9.48. The smallest absolute Gasteiger partial charge is 0.0631 e. The van der Waals surface area contributed by atoms with Gasteiger partial charge in [-0.1, -0.05) is 134 Å². The molecular weight excluding hydrogens is 569 g/mol. The Hall–Kier alpha value is -5.60. The molecule has 0 radical (unpaired) electrons. The number of nitrogens with zero attached hydrogens (tertiary/aromatic N) is 2. The Morgan fingerprint density at radius 3 is 1.96 bits per heavy atom. The molecule has 0 amide bonds. The van der Waals surface area contributed by atoms with Gasteiger partial charge in [0, 0.05) is 28.7 Å². The maximum atomic E-state index is 2.49. The fourth-order valence-electron chi connectivity index (χ4n) is 7.18. The average Bonchev–Trinajstić information content (AvgIpc) is 3.36. The second-order valence-electron chi connectivity index (χ2n) is 12.4. The van der Waals surface area contributed by atoms with E-state index in [4.69, 9.17) is 0 Å². The molecule has 47 heavy (non-hydrogen) atoms. The Morgan fingerprint density at radius 1 is 0.532 bits per heavy atom. The van der Waals surface area contributed by atoms with Crippen LogP contribution in [0.4, 0.5) is 17.1 Å². The van der Waals surface area contributed by atoms with Crippen molar-refractivity contribution in [1.82, 2.24) is 0 Å². The maximum Gasteiger partial charge on any atom is 0.0631 e. The van der Waals surface area contributed by atoms with Crippen LogP contribution in [0.15, 0.2) is 193 Å². The average molecular weight is 607 g/mol. The summed E-state index contributed by atoms with van der Waals surface area (Å²) in [6, 6.07) is 37.9. The van der Waals surface area contributed by atoms with Gasteiger partial charge in [0.15, 0.2) is 0 Å². The van der Waals surface area contributed by atoms with E-state index in [9.17, 15) is 0 Å². The summed E-state index contributed by atoms with van der Waals surface area (Å²) in [6.07, 6.45) is 32.3. The summed E-state index contributed by atoms with van der Waals surface area (Å²) in [5, 5.41) is 0. The predicted molar refractivity (Wildman–Crippen MR) is 199 cm³/mol. The maximum absolute atomic E-state index is 2.49. The SMILES string of the molecule is C1=CC2=C(N(C3=CCCC=C3)c3ccc(-c4ccc(N(c5ccccc5)C5CC=Cc6ccccc65)cc4)cc3)C=CC=CC2C=C1. The van der Waals surface area contributed by atoms with Crippen LogP contribution < -0.4 is 9.80 Å². The van der Waals surface area contributed by atoms with Gasteiger partial charge in [-0.05, 0) is 95.6 Å². The van der Waals surface area contributed by atoms with E-state index in [1.54, 1.807) is 0 Å². The lowest BCUT2D eigenvalue weighted by molar-refractivity contribution is 0.702. The van der Waals surface area contributed by atoms with Crippen molar-refractivity contribution >= 4 is 23.1 Å². The van der Waals surface area contributed by atoms with Crippen LogP contribution in [0.1, 0.15) is 36.4 Å². The zero-order chi connectivity index (χ0) is 31.4. The molecule has 0 heterocycles. The first-order chi connectivity index (χ1) is 23.3. The molecule has 4 aliphatic rings. The van der Waals surface area contributed by atoms with Crippen LogP contribution >= 0.6 is 0 Å². The third-order valence-corrected chi connectivity index (χ3v) is 9.48. The number of rotatable bonds is 7. The Bertz CT molecular complexity index is 2000. The van der Waals surface area contributed by atoms with Crippen molar-refractivity contribution in [3.05, 3.63) is 204 Å². The van der Waals surface area contributed by atoms with E-state index in [-0.39, 0.29) is 12.0 Å². The molecule has 228 valence electrons. The van der Waals surface area contributed by atoms with Crippen LogP contribution in [0.25, 0.3) is 17.2 Å². The van der Waals surface area contributed by atoms with E-state index in [2.05, 4.69) is 192 Å². The summed E-state index contributed by atoms with van der Waals surface area (Å²) >= 11 is 0. The molecule has 0 bridgehead atoms. The molecule has 0 fully saturated rings. The first-order valence-corrected chi connectivity index (χ1v) is 16.7. The van der Waals surface area contributed by atoms with Gasteiger partial charge in [0.2, 0.25) is 0 Å². The van der Waals surface area contributed by atoms with E-state index in [0.717, 1.165) is 24.9 Å². The fraction of sp³-hybridized carbons (Fsp3) is 0.111. The molecule has 4 aromatic carbocycles. The van der Waals surface area contributed by atoms with Crippen molar-refractivity contribution in [3.63, 3.8) is 0 Å². The van der Waals surface area contributed by atoms with Crippen molar-refractivity contribution < 1.29 is 0 Å². The van der Waals surface area contributed by atoms with Gasteiger partial charge in [0.25, 0.3) is 0 Å². The minimum atomic E-state index is 0.232. The van der Waals surface area contributed by atoms with Crippen LogP contribution in [0.5, 0.6) is 0 Å². The number of fused-ring (bicyclic) bond motifs is 2. The lowest BCUT2D eigenvalue weighted by Crippen LogP contribution is -2.25. The molecule has 4 aromatic rings. The Balaban J connectivity index is 1.12. The zero-order valence-electron chi connectivity index (χ0n) is 26.5. The summed E-state index contributed by atoms with van der Waals surface area (Å²) in [7, 11) is 0. The number of allylic oxidation sites excluding steroid dienone is 12. The summed E-state index contributed by atoms with van der Waals surface area (Å²) < 4.78 is 0. The summed E-state index contributed by atoms with van der Waals surface area (Å²) in [5.41, 5.74) is 12.4. The molecule has 0 aromatic heterocycles. The number of hydrogen-bond acceptors (Lipinski definition) is 2. The molecule has 2 heteroatoms. The molecule has 0 saturated heterocycles. The number of hydrogen-bond donors (Lipinski definition) is 0. The number of para-hydroxylation sites is 1. The van der Waals surface area contributed by atoms with E-state index in [0.29, 0.717) is 0 Å². The Labute approximate surface area is 278 Å². The predicted octanol–water partition coefficient (Wildman–Crippen LogP) is 11.8. The summed E-state index contributed by atoms with van der Waals surface area (Å²) in [6.45, 7) is 0. The quantitative estimate of drug-likeness (QED) is 0.206. The molecule has 0 N–H and O–H groups in total. The van der Waals surface area contributed by atoms with Gasteiger partial charge in [-0.3, -0.25) is 0 Å². The zero-order valence-corrected chi connectivity index (χ0v) is 26.5. The van der Waals surface area contributed by atoms with Gasteiger partial charge < -0.3 is 9.80 Å². The lowest BCUT2D eigenvalue weighted by Gasteiger charge is -2.36. The van der Waals surface area contributed by atoms with Gasteiger partial charge in [0.1, 0.15) is 0 Å². The normalized spacial score (nSPS) is 19.2. The topological polar surface area (TPSA) is 6.48 Å². The number of anilines is 3. The van der Waals surface area contributed by atoms with Crippen molar-refractivity contribution in [2.75, 3.05) is 9.80 Å². The molecule has 0 aliphatic heterocycles. The Kier molecular flexibility index (Phi) is 7.99. The first kappa shape index (κ1) is 28.8. The second kappa shape index (κ2) is 13.0. The molecule has 0 saturated carbocycles. The highest BCUT2D eigenvalue weighted by Crippen LogP contribution is 2.42. The van der Waals surface area contributed by atoms with E-state index < -0.39 is 0 Å². The Morgan fingerprint density at radius 2 is 1.21 bits per heavy atom.